The van der Waals surface area contributed by atoms with Gasteiger partial charge in [-0.3, -0.25) is 4.99 Å². The van der Waals surface area contributed by atoms with Crippen molar-refractivity contribution in [1.82, 2.24) is 9.47 Å². The number of nitrogens with zero attached hydrogens (tertiary/aromatic N) is 3. The highest BCUT2D eigenvalue weighted by atomic mass is 32.4. The summed E-state index contributed by atoms with van der Waals surface area (Å²) in [5, 5.41) is 3.51. The van der Waals surface area contributed by atoms with Gasteiger partial charge in [0, 0.05) is 37.3 Å². The van der Waals surface area contributed by atoms with E-state index >= 15 is 0 Å². The Morgan fingerprint density at radius 2 is 1.62 bits per heavy atom. The van der Waals surface area contributed by atoms with Crippen LogP contribution >= 0.6 is 11.2 Å². The minimum atomic E-state index is -1.46. The van der Waals surface area contributed by atoms with Gasteiger partial charge < -0.3 is 9.47 Å². The van der Waals surface area contributed by atoms with Crippen LogP contribution in [0, 0.1) is 0 Å². The van der Waals surface area contributed by atoms with E-state index in [1.165, 1.54) is 98.7 Å². The SMILES string of the molecule is CCCCCC[Si]1(CCCCCC)SC(C)CN1CCN1CCN=C1C(C)c1cccc2ccccc12. The minimum absolute atomic E-state index is 0.338. The quantitative estimate of drug-likeness (QED) is 0.167. The molecule has 5 heteroatoms. The van der Waals surface area contributed by atoms with Crippen LogP contribution in [-0.2, 0) is 0 Å². The first-order valence-corrected chi connectivity index (χ1v) is 19.2. The second-order valence-electron chi connectivity index (χ2n) is 11.5. The molecule has 2 atom stereocenters. The van der Waals surface area contributed by atoms with Gasteiger partial charge in [-0.1, -0.05) is 122 Å². The molecule has 1 saturated heterocycles. The summed E-state index contributed by atoms with van der Waals surface area (Å²) in [4.78, 5) is 7.70. The molecule has 2 unspecified atom stereocenters. The van der Waals surface area contributed by atoms with E-state index in [0.29, 0.717) is 5.92 Å². The van der Waals surface area contributed by atoms with Crippen molar-refractivity contribution < 1.29 is 0 Å². The Morgan fingerprint density at radius 3 is 2.35 bits per heavy atom. The van der Waals surface area contributed by atoms with Gasteiger partial charge in [-0.25, -0.2) is 0 Å². The van der Waals surface area contributed by atoms with Crippen LogP contribution in [0.5, 0.6) is 0 Å². The van der Waals surface area contributed by atoms with E-state index in [9.17, 15) is 0 Å². The van der Waals surface area contributed by atoms with Gasteiger partial charge in [-0.2, -0.15) is 11.2 Å². The van der Waals surface area contributed by atoms with Crippen molar-refractivity contribution >= 4 is 35.2 Å². The van der Waals surface area contributed by atoms with Crippen molar-refractivity contribution in [1.29, 1.82) is 0 Å². The topological polar surface area (TPSA) is 18.8 Å². The number of hydrogen-bond acceptors (Lipinski definition) is 4. The molecule has 0 amide bonds. The van der Waals surface area contributed by atoms with Gasteiger partial charge in [0.15, 0.2) is 7.38 Å². The molecule has 2 aliphatic heterocycles. The van der Waals surface area contributed by atoms with E-state index in [1.807, 2.05) is 0 Å². The summed E-state index contributed by atoms with van der Waals surface area (Å²) in [6.07, 6.45) is 11.2. The van der Waals surface area contributed by atoms with E-state index in [0.717, 1.165) is 24.9 Å². The number of hydrogen-bond donors (Lipinski definition) is 0. The Labute approximate surface area is 232 Å². The Hall–Kier alpha value is -1.30. The smallest absolute Gasteiger partial charge is 0.191 e. The number of unbranched alkanes of at least 4 members (excludes halogenated alkanes) is 6. The van der Waals surface area contributed by atoms with Gasteiger partial charge in [0.2, 0.25) is 0 Å². The predicted octanol–water partition coefficient (Wildman–Crippen LogP) is 8.70. The molecule has 4 rings (SSSR count). The molecule has 2 heterocycles. The lowest BCUT2D eigenvalue weighted by Crippen LogP contribution is -2.50. The zero-order chi connectivity index (χ0) is 26.1. The van der Waals surface area contributed by atoms with Crippen LogP contribution in [0.25, 0.3) is 10.8 Å². The number of aliphatic imine (C=N–C) groups is 1. The van der Waals surface area contributed by atoms with Crippen molar-refractivity contribution in [2.24, 2.45) is 4.99 Å². The van der Waals surface area contributed by atoms with Crippen molar-refractivity contribution in [3.8, 4) is 0 Å². The second kappa shape index (κ2) is 14.2. The Morgan fingerprint density at radius 1 is 0.919 bits per heavy atom. The third-order valence-electron chi connectivity index (χ3n) is 8.60. The molecule has 2 aromatic carbocycles. The largest absolute Gasteiger partial charge is 0.357 e. The maximum atomic E-state index is 5.07. The Kier molecular flexibility index (Phi) is 11.0. The van der Waals surface area contributed by atoms with Crippen molar-refractivity contribution in [2.75, 3.05) is 32.7 Å². The van der Waals surface area contributed by atoms with Gasteiger partial charge >= 0.3 is 0 Å². The molecule has 2 aromatic rings. The van der Waals surface area contributed by atoms with Crippen LogP contribution < -0.4 is 0 Å². The van der Waals surface area contributed by atoms with Gasteiger partial charge in [0.1, 0.15) is 5.84 Å². The van der Waals surface area contributed by atoms with Crippen LogP contribution in [0.3, 0.4) is 0 Å². The molecule has 37 heavy (non-hydrogen) atoms. The molecular weight excluding hydrogens is 487 g/mol. The molecule has 3 nitrogen and oxygen atoms in total. The number of amidine groups is 1. The molecule has 0 saturated carbocycles. The zero-order valence-electron chi connectivity index (χ0n) is 24.1. The maximum Gasteiger partial charge on any atom is 0.191 e. The zero-order valence-corrected chi connectivity index (χ0v) is 25.9. The van der Waals surface area contributed by atoms with Gasteiger partial charge in [-0.15, -0.1) is 0 Å². The fourth-order valence-corrected chi connectivity index (χ4v) is 16.7. The first-order valence-electron chi connectivity index (χ1n) is 15.3. The summed E-state index contributed by atoms with van der Waals surface area (Å²) in [7, 11) is -1.46. The Balaban J connectivity index is 1.44. The average molecular weight is 538 g/mol. The van der Waals surface area contributed by atoms with Crippen molar-refractivity contribution in [2.45, 2.75) is 102 Å². The summed E-state index contributed by atoms with van der Waals surface area (Å²) in [5.74, 6) is 1.65. The van der Waals surface area contributed by atoms with Crippen LogP contribution in [0.1, 0.15) is 90.5 Å². The number of rotatable bonds is 15. The van der Waals surface area contributed by atoms with Gasteiger partial charge in [0.05, 0.1) is 6.54 Å². The first kappa shape index (κ1) is 28.7. The lowest BCUT2D eigenvalue weighted by Gasteiger charge is -2.37. The number of fused-ring (bicyclic) bond motifs is 1. The molecule has 0 spiro atoms. The van der Waals surface area contributed by atoms with E-state index in [1.54, 1.807) is 0 Å². The summed E-state index contributed by atoms with van der Waals surface area (Å²) < 4.78 is 3.04. The average Bonchev–Trinajstić information content (AvgIpc) is 3.51. The fraction of sp³-hybridized carbons (Fsp3) is 0.656. The van der Waals surface area contributed by atoms with Crippen LogP contribution in [0.4, 0.5) is 0 Å². The summed E-state index contributed by atoms with van der Waals surface area (Å²) >= 11 is 2.44. The monoisotopic (exact) mass is 537 g/mol. The highest BCUT2D eigenvalue weighted by Crippen LogP contribution is 2.44. The number of benzene rings is 2. The lowest BCUT2D eigenvalue weighted by molar-refractivity contribution is 0.357. The third kappa shape index (κ3) is 7.22. The summed E-state index contributed by atoms with van der Waals surface area (Å²) in [6, 6.07) is 18.6. The van der Waals surface area contributed by atoms with Crippen LogP contribution in [0.15, 0.2) is 47.5 Å². The van der Waals surface area contributed by atoms with E-state index in [2.05, 4.69) is 90.8 Å². The molecule has 0 aromatic heterocycles. The Bertz CT molecular complexity index is 991. The van der Waals surface area contributed by atoms with Crippen molar-refractivity contribution in [3.05, 3.63) is 48.0 Å². The minimum Gasteiger partial charge on any atom is -0.357 e. The lowest BCUT2D eigenvalue weighted by atomic mass is 9.93. The van der Waals surface area contributed by atoms with Gasteiger partial charge in [0.25, 0.3) is 0 Å². The molecule has 0 bridgehead atoms. The highest BCUT2D eigenvalue weighted by Gasteiger charge is 2.46. The van der Waals surface area contributed by atoms with Gasteiger partial charge in [-0.05, 0) is 28.4 Å². The molecule has 204 valence electrons. The molecular formula is C32H51N3SSi. The predicted molar refractivity (Wildman–Crippen MR) is 169 cm³/mol. The first-order chi connectivity index (χ1) is 18.1. The summed E-state index contributed by atoms with van der Waals surface area (Å²) in [6.45, 7) is 15.2. The van der Waals surface area contributed by atoms with E-state index in [-0.39, 0.29) is 0 Å². The third-order valence-corrected chi connectivity index (χ3v) is 17.9. The summed E-state index contributed by atoms with van der Waals surface area (Å²) in [5.41, 5.74) is 1.42. The highest BCUT2D eigenvalue weighted by molar-refractivity contribution is 8.29. The molecule has 0 aliphatic carbocycles. The molecule has 0 N–H and O–H groups in total. The normalized spacial score (nSPS) is 20.6. The van der Waals surface area contributed by atoms with Crippen LogP contribution in [0.2, 0.25) is 12.1 Å². The van der Waals surface area contributed by atoms with Crippen molar-refractivity contribution in [3.63, 3.8) is 0 Å². The van der Waals surface area contributed by atoms with Crippen LogP contribution in [-0.4, -0.2) is 60.7 Å². The van der Waals surface area contributed by atoms with E-state index < -0.39 is 7.38 Å². The standard InChI is InChI=1S/C32H51N3SSi/c1-5-7-9-13-24-37(25-14-10-8-6-2)35(26-27(3)36-37)23-22-34-21-20-33-32(34)28(4)30-19-15-17-29-16-11-12-18-31(29)30/h11-12,15-19,27-28H,5-10,13-14,20-26H2,1-4H3. The molecule has 1 fully saturated rings. The molecule has 2 aliphatic rings. The molecule has 0 radical (unpaired) electrons. The maximum absolute atomic E-state index is 5.07. The second-order valence-corrected chi connectivity index (χ2v) is 19.0. The van der Waals surface area contributed by atoms with E-state index in [4.69, 9.17) is 4.99 Å². The fourth-order valence-electron chi connectivity index (χ4n) is 6.62.